The van der Waals surface area contributed by atoms with Crippen LogP contribution in [0.15, 0.2) is 42.5 Å². The number of hydrogen-bond acceptors (Lipinski definition) is 2. The highest BCUT2D eigenvalue weighted by atomic mass is 16.2. The standard InChI is InChI=1S/C21H26N2O/c1-15-9-7-11-20(17(15)3)23-13-12-22(18(4)21(23)24)14-19-10-6-5-8-16(19)2/h5-11,18H,12-14H2,1-4H3/t18-/m0/s1. The summed E-state index contributed by atoms with van der Waals surface area (Å²) in [6.07, 6.45) is 0. The van der Waals surface area contributed by atoms with Crippen LogP contribution in [0.2, 0.25) is 0 Å². The van der Waals surface area contributed by atoms with Gasteiger partial charge >= 0.3 is 0 Å². The highest BCUT2D eigenvalue weighted by molar-refractivity contribution is 5.98. The molecule has 1 aliphatic heterocycles. The van der Waals surface area contributed by atoms with E-state index in [4.69, 9.17) is 0 Å². The van der Waals surface area contributed by atoms with Crippen molar-refractivity contribution in [3.05, 3.63) is 64.7 Å². The average Bonchev–Trinajstić information content (AvgIpc) is 2.57. The van der Waals surface area contributed by atoms with E-state index >= 15 is 0 Å². The summed E-state index contributed by atoms with van der Waals surface area (Å²) in [5, 5.41) is 0. The number of hydrogen-bond donors (Lipinski definition) is 0. The number of amides is 1. The van der Waals surface area contributed by atoms with E-state index in [2.05, 4.69) is 62.1 Å². The number of piperazine rings is 1. The maximum absolute atomic E-state index is 13.0. The van der Waals surface area contributed by atoms with E-state index in [9.17, 15) is 4.79 Å². The first kappa shape index (κ1) is 16.7. The van der Waals surface area contributed by atoms with Gasteiger partial charge in [0.15, 0.2) is 0 Å². The number of anilines is 1. The van der Waals surface area contributed by atoms with Crippen molar-refractivity contribution < 1.29 is 4.79 Å². The van der Waals surface area contributed by atoms with Gasteiger partial charge in [0.1, 0.15) is 0 Å². The summed E-state index contributed by atoms with van der Waals surface area (Å²) < 4.78 is 0. The van der Waals surface area contributed by atoms with Crippen molar-refractivity contribution in [2.45, 2.75) is 40.3 Å². The summed E-state index contributed by atoms with van der Waals surface area (Å²) in [4.78, 5) is 17.2. The largest absolute Gasteiger partial charge is 0.310 e. The van der Waals surface area contributed by atoms with Crippen LogP contribution in [0.5, 0.6) is 0 Å². The molecule has 2 aromatic carbocycles. The van der Waals surface area contributed by atoms with Gasteiger partial charge in [-0.2, -0.15) is 0 Å². The Kier molecular flexibility index (Phi) is 4.72. The highest BCUT2D eigenvalue weighted by Gasteiger charge is 2.32. The fraction of sp³-hybridized carbons (Fsp3) is 0.381. The fourth-order valence-corrected chi connectivity index (χ4v) is 3.40. The Hall–Kier alpha value is -2.13. The van der Waals surface area contributed by atoms with Gasteiger partial charge in [-0.3, -0.25) is 9.69 Å². The zero-order valence-electron chi connectivity index (χ0n) is 15.0. The molecule has 0 radical (unpaired) electrons. The van der Waals surface area contributed by atoms with Gasteiger partial charge in [0.05, 0.1) is 6.04 Å². The maximum atomic E-state index is 13.0. The van der Waals surface area contributed by atoms with Crippen LogP contribution in [0.3, 0.4) is 0 Å². The monoisotopic (exact) mass is 322 g/mol. The van der Waals surface area contributed by atoms with Gasteiger partial charge in [0.25, 0.3) is 0 Å². The summed E-state index contributed by atoms with van der Waals surface area (Å²) in [6.45, 7) is 10.8. The Morgan fingerprint density at radius 2 is 1.67 bits per heavy atom. The lowest BCUT2D eigenvalue weighted by Gasteiger charge is -2.40. The molecule has 1 saturated heterocycles. The lowest BCUT2D eigenvalue weighted by Crippen LogP contribution is -2.55. The van der Waals surface area contributed by atoms with Crippen LogP contribution in [0.4, 0.5) is 5.69 Å². The van der Waals surface area contributed by atoms with Crippen LogP contribution in [0.1, 0.15) is 29.2 Å². The van der Waals surface area contributed by atoms with Crippen LogP contribution < -0.4 is 4.90 Å². The van der Waals surface area contributed by atoms with Crippen LogP contribution in [-0.4, -0.2) is 29.9 Å². The predicted octanol–water partition coefficient (Wildman–Crippen LogP) is 3.85. The highest BCUT2D eigenvalue weighted by Crippen LogP contribution is 2.27. The molecular weight excluding hydrogens is 296 g/mol. The van der Waals surface area contributed by atoms with Gasteiger partial charge in [0, 0.05) is 25.3 Å². The second-order valence-electron chi connectivity index (χ2n) is 6.78. The number of benzene rings is 2. The average molecular weight is 322 g/mol. The number of rotatable bonds is 3. The first-order valence-corrected chi connectivity index (χ1v) is 8.65. The first-order valence-electron chi connectivity index (χ1n) is 8.65. The van der Waals surface area contributed by atoms with E-state index < -0.39 is 0 Å². The summed E-state index contributed by atoms with van der Waals surface area (Å²) in [5.74, 6) is 0.198. The Bertz CT molecular complexity index is 753. The van der Waals surface area contributed by atoms with Crippen molar-refractivity contribution in [3.63, 3.8) is 0 Å². The molecule has 1 atom stereocenters. The van der Waals surface area contributed by atoms with E-state index in [1.54, 1.807) is 0 Å². The SMILES string of the molecule is Cc1ccccc1CN1CCN(c2cccc(C)c2C)C(=O)[C@@H]1C. The minimum atomic E-state index is -0.0988. The Morgan fingerprint density at radius 1 is 0.958 bits per heavy atom. The predicted molar refractivity (Wildman–Crippen MR) is 99.3 cm³/mol. The van der Waals surface area contributed by atoms with Gasteiger partial charge in [0.2, 0.25) is 5.91 Å². The molecule has 24 heavy (non-hydrogen) atoms. The summed E-state index contributed by atoms with van der Waals surface area (Å²) in [6, 6.07) is 14.5. The van der Waals surface area contributed by atoms with Gasteiger partial charge in [-0.25, -0.2) is 0 Å². The number of aryl methyl sites for hydroxylation is 2. The van der Waals surface area contributed by atoms with Crippen molar-refractivity contribution in [2.24, 2.45) is 0 Å². The molecule has 3 heteroatoms. The van der Waals surface area contributed by atoms with Crippen molar-refractivity contribution in [1.82, 2.24) is 4.90 Å². The molecule has 0 bridgehead atoms. The molecule has 1 aliphatic rings. The van der Waals surface area contributed by atoms with E-state index in [1.807, 2.05) is 17.9 Å². The summed E-state index contributed by atoms with van der Waals surface area (Å²) in [7, 11) is 0. The van der Waals surface area contributed by atoms with Gasteiger partial charge < -0.3 is 4.90 Å². The van der Waals surface area contributed by atoms with Gasteiger partial charge in [-0.1, -0.05) is 36.4 Å². The molecule has 126 valence electrons. The fourth-order valence-electron chi connectivity index (χ4n) is 3.40. The van der Waals surface area contributed by atoms with Crippen molar-refractivity contribution in [1.29, 1.82) is 0 Å². The lowest BCUT2D eigenvalue weighted by atomic mass is 10.0. The third-order valence-corrected chi connectivity index (χ3v) is 5.28. The Labute approximate surface area is 144 Å². The van der Waals surface area contributed by atoms with Gasteiger partial charge in [-0.15, -0.1) is 0 Å². The zero-order chi connectivity index (χ0) is 17.3. The summed E-state index contributed by atoms with van der Waals surface area (Å²) >= 11 is 0. The number of carbonyl (C=O) groups is 1. The molecule has 0 aromatic heterocycles. The molecule has 1 fully saturated rings. The molecule has 0 spiro atoms. The van der Waals surface area contributed by atoms with Crippen LogP contribution in [-0.2, 0) is 11.3 Å². The lowest BCUT2D eigenvalue weighted by molar-refractivity contribution is -0.125. The van der Waals surface area contributed by atoms with E-state index in [-0.39, 0.29) is 11.9 Å². The molecule has 0 unspecified atom stereocenters. The Morgan fingerprint density at radius 3 is 2.42 bits per heavy atom. The molecule has 0 N–H and O–H groups in total. The number of nitrogens with zero attached hydrogens (tertiary/aromatic N) is 2. The van der Waals surface area contributed by atoms with Crippen LogP contribution in [0, 0.1) is 20.8 Å². The minimum Gasteiger partial charge on any atom is -0.310 e. The second-order valence-corrected chi connectivity index (χ2v) is 6.78. The normalized spacial score (nSPS) is 18.9. The molecule has 3 rings (SSSR count). The van der Waals surface area contributed by atoms with E-state index in [1.165, 1.54) is 22.3 Å². The van der Waals surface area contributed by atoms with E-state index in [0.717, 1.165) is 25.3 Å². The molecule has 1 amide bonds. The third kappa shape index (κ3) is 3.09. The molecule has 0 aliphatic carbocycles. The molecular formula is C21H26N2O. The maximum Gasteiger partial charge on any atom is 0.244 e. The summed E-state index contributed by atoms with van der Waals surface area (Å²) in [5.41, 5.74) is 6.08. The molecule has 2 aromatic rings. The molecule has 0 saturated carbocycles. The molecule has 3 nitrogen and oxygen atoms in total. The zero-order valence-corrected chi connectivity index (χ0v) is 15.0. The topological polar surface area (TPSA) is 23.6 Å². The third-order valence-electron chi connectivity index (χ3n) is 5.28. The number of carbonyl (C=O) groups excluding carboxylic acids is 1. The first-order chi connectivity index (χ1) is 11.5. The quantitative estimate of drug-likeness (QED) is 0.857. The Balaban J connectivity index is 1.79. The van der Waals surface area contributed by atoms with Crippen LogP contribution in [0.25, 0.3) is 0 Å². The smallest absolute Gasteiger partial charge is 0.244 e. The minimum absolute atomic E-state index is 0.0988. The molecule has 1 heterocycles. The van der Waals surface area contributed by atoms with Crippen molar-refractivity contribution in [3.8, 4) is 0 Å². The van der Waals surface area contributed by atoms with Crippen molar-refractivity contribution >= 4 is 11.6 Å². The second kappa shape index (κ2) is 6.78. The van der Waals surface area contributed by atoms with Crippen LogP contribution >= 0.6 is 0 Å². The van der Waals surface area contributed by atoms with E-state index in [0.29, 0.717) is 0 Å². The van der Waals surface area contributed by atoms with Gasteiger partial charge in [-0.05, 0) is 56.0 Å². The van der Waals surface area contributed by atoms with Crippen molar-refractivity contribution in [2.75, 3.05) is 18.0 Å².